The number of rotatable bonds is 6. The number of amides is 1. The van der Waals surface area contributed by atoms with Gasteiger partial charge in [-0.15, -0.1) is 6.58 Å². The van der Waals surface area contributed by atoms with E-state index in [4.69, 9.17) is 0 Å². The van der Waals surface area contributed by atoms with Crippen LogP contribution in [0.1, 0.15) is 6.92 Å². The van der Waals surface area contributed by atoms with Gasteiger partial charge >= 0.3 is 12.4 Å². The summed E-state index contributed by atoms with van der Waals surface area (Å²) in [6.07, 6.45) is -1.86. The fraction of sp³-hybridized carbons (Fsp3) is 0.556. The first-order chi connectivity index (χ1) is 7.02. The summed E-state index contributed by atoms with van der Waals surface area (Å²) in [6.45, 7) is 4.44. The number of carbonyl (C=O) groups excluding carboxylic acids is 2. The molecular formula is C9H13F2NO3. The second-order valence-corrected chi connectivity index (χ2v) is 2.61. The summed E-state index contributed by atoms with van der Waals surface area (Å²) in [7, 11) is 0. The number of alkyl halides is 2. The Kier molecular flexibility index (Phi) is 6.24. The molecule has 0 aliphatic rings. The van der Waals surface area contributed by atoms with E-state index in [-0.39, 0.29) is 13.2 Å². The second-order valence-electron chi connectivity index (χ2n) is 2.61. The monoisotopic (exact) mass is 221 g/mol. The molecule has 86 valence electrons. The molecule has 0 radical (unpaired) electrons. The molecule has 0 rings (SSSR count). The van der Waals surface area contributed by atoms with Crippen LogP contribution in [0.5, 0.6) is 0 Å². The average molecular weight is 221 g/mol. The predicted molar refractivity (Wildman–Crippen MR) is 49.4 cm³/mol. The summed E-state index contributed by atoms with van der Waals surface area (Å²) in [5.74, 6) is -2.11. The highest BCUT2D eigenvalue weighted by atomic mass is 19.3. The number of hydrogen-bond acceptors (Lipinski definition) is 3. The Bertz CT molecular complexity index is 244. The minimum Gasteiger partial charge on any atom is -0.465 e. The Balaban J connectivity index is 4.33. The van der Waals surface area contributed by atoms with Crippen LogP contribution < -0.4 is 0 Å². The highest BCUT2D eigenvalue weighted by Crippen LogP contribution is 2.01. The first-order valence-corrected chi connectivity index (χ1v) is 4.36. The molecule has 4 nitrogen and oxygen atoms in total. The molecule has 0 N–H and O–H groups in total. The molecule has 0 aliphatic heterocycles. The topological polar surface area (TPSA) is 46.6 Å². The minimum atomic E-state index is -3.13. The molecule has 0 aromatic heterocycles. The van der Waals surface area contributed by atoms with Crippen LogP contribution in [0.3, 0.4) is 0 Å². The van der Waals surface area contributed by atoms with Crippen LogP contribution in [0.2, 0.25) is 0 Å². The first-order valence-electron chi connectivity index (χ1n) is 4.36. The smallest absolute Gasteiger partial charge is 0.325 e. The summed E-state index contributed by atoms with van der Waals surface area (Å²) < 4.78 is 28.7. The molecule has 0 aromatic carbocycles. The van der Waals surface area contributed by atoms with Crippen LogP contribution in [-0.4, -0.2) is 42.9 Å². The summed E-state index contributed by atoms with van der Waals surface area (Å²) in [5, 5.41) is 0. The highest BCUT2D eigenvalue weighted by Gasteiger charge is 2.24. The van der Waals surface area contributed by atoms with Gasteiger partial charge in [-0.05, 0) is 6.92 Å². The lowest BCUT2D eigenvalue weighted by molar-refractivity contribution is -0.152. The van der Waals surface area contributed by atoms with Crippen LogP contribution in [-0.2, 0) is 14.3 Å². The highest BCUT2D eigenvalue weighted by molar-refractivity contribution is 5.84. The Hall–Kier alpha value is -1.46. The van der Waals surface area contributed by atoms with Crippen molar-refractivity contribution < 1.29 is 23.1 Å². The molecule has 0 fully saturated rings. The molecule has 0 saturated heterocycles. The number of hydrogen-bond donors (Lipinski definition) is 0. The van der Waals surface area contributed by atoms with Gasteiger partial charge in [0.1, 0.15) is 6.54 Å². The van der Waals surface area contributed by atoms with Gasteiger partial charge in [0.05, 0.1) is 6.61 Å². The van der Waals surface area contributed by atoms with E-state index < -0.39 is 24.8 Å². The summed E-state index contributed by atoms with van der Waals surface area (Å²) in [5.41, 5.74) is 0. The van der Waals surface area contributed by atoms with Crippen molar-refractivity contribution in [1.29, 1.82) is 0 Å². The second kappa shape index (κ2) is 6.92. The van der Waals surface area contributed by atoms with Crippen LogP contribution in [0.4, 0.5) is 8.78 Å². The van der Waals surface area contributed by atoms with E-state index in [0.29, 0.717) is 4.90 Å². The molecule has 0 saturated carbocycles. The largest absolute Gasteiger partial charge is 0.465 e. The third-order valence-corrected chi connectivity index (χ3v) is 1.47. The summed E-state index contributed by atoms with van der Waals surface area (Å²) in [4.78, 5) is 22.5. The first kappa shape index (κ1) is 13.5. The van der Waals surface area contributed by atoms with Crippen molar-refractivity contribution in [2.45, 2.75) is 13.3 Å². The zero-order valence-corrected chi connectivity index (χ0v) is 8.41. The fourth-order valence-electron chi connectivity index (χ4n) is 0.889. The van der Waals surface area contributed by atoms with Crippen LogP contribution in [0, 0.1) is 0 Å². The van der Waals surface area contributed by atoms with Crippen molar-refractivity contribution in [3.8, 4) is 0 Å². The maximum Gasteiger partial charge on any atom is 0.325 e. The lowest BCUT2D eigenvalue weighted by Gasteiger charge is -2.19. The van der Waals surface area contributed by atoms with E-state index >= 15 is 0 Å². The minimum absolute atomic E-state index is 0.109. The SMILES string of the molecule is C=CCN(CC(=O)OCC)C(=O)C(F)F. The van der Waals surface area contributed by atoms with Crippen LogP contribution >= 0.6 is 0 Å². The summed E-state index contributed by atoms with van der Waals surface area (Å²) in [6, 6.07) is 0. The van der Waals surface area contributed by atoms with Crippen molar-refractivity contribution in [3.05, 3.63) is 12.7 Å². The van der Waals surface area contributed by atoms with Gasteiger partial charge in [-0.3, -0.25) is 9.59 Å². The predicted octanol–water partition coefficient (Wildman–Crippen LogP) is 0.829. The van der Waals surface area contributed by atoms with Gasteiger partial charge in [0, 0.05) is 6.54 Å². The normalized spacial score (nSPS) is 9.87. The third kappa shape index (κ3) is 5.09. The molecule has 6 heteroatoms. The number of nitrogens with zero attached hydrogens (tertiary/aromatic N) is 1. The average Bonchev–Trinajstić information content (AvgIpc) is 2.16. The molecule has 0 spiro atoms. The summed E-state index contributed by atoms with van der Waals surface area (Å²) >= 11 is 0. The van der Waals surface area contributed by atoms with E-state index in [1.807, 2.05) is 0 Å². The van der Waals surface area contributed by atoms with Crippen molar-refractivity contribution in [2.24, 2.45) is 0 Å². The van der Waals surface area contributed by atoms with Crippen LogP contribution in [0.15, 0.2) is 12.7 Å². The molecule has 0 unspecified atom stereocenters. The Labute approximate surface area is 86.5 Å². The number of esters is 1. The van der Waals surface area contributed by atoms with Gasteiger partial charge in [0.2, 0.25) is 0 Å². The van der Waals surface area contributed by atoms with Gasteiger partial charge in [-0.25, -0.2) is 0 Å². The lowest BCUT2D eigenvalue weighted by atomic mass is 10.4. The van der Waals surface area contributed by atoms with Gasteiger partial charge in [0.15, 0.2) is 0 Å². The Morgan fingerprint density at radius 3 is 2.53 bits per heavy atom. The molecular weight excluding hydrogens is 208 g/mol. The number of carbonyl (C=O) groups is 2. The molecule has 0 heterocycles. The van der Waals surface area contributed by atoms with E-state index in [1.165, 1.54) is 6.08 Å². The molecule has 0 atom stereocenters. The maximum atomic E-state index is 12.1. The van der Waals surface area contributed by atoms with Crippen molar-refractivity contribution in [3.63, 3.8) is 0 Å². The molecule has 1 amide bonds. The van der Waals surface area contributed by atoms with Gasteiger partial charge < -0.3 is 9.64 Å². The van der Waals surface area contributed by atoms with E-state index in [2.05, 4.69) is 11.3 Å². The van der Waals surface area contributed by atoms with Crippen molar-refractivity contribution in [1.82, 2.24) is 4.90 Å². The Morgan fingerprint density at radius 2 is 2.13 bits per heavy atom. The quantitative estimate of drug-likeness (QED) is 0.493. The number of ether oxygens (including phenoxy) is 1. The fourth-order valence-corrected chi connectivity index (χ4v) is 0.889. The van der Waals surface area contributed by atoms with Gasteiger partial charge in [-0.1, -0.05) is 6.08 Å². The van der Waals surface area contributed by atoms with E-state index in [1.54, 1.807) is 6.92 Å². The molecule has 0 bridgehead atoms. The zero-order valence-electron chi connectivity index (χ0n) is 8.41. The van der Waals surface area contributed by atoms with Crippen molar-refractivity contribution >= 4 is 11.9 Å². The molecule has 0 aromatic rings. The molecule has 0 aliphatic carbocycles. The van der Waals surface area contributed by atoms with E-state index in [9.17, 15) is 18.4 Å². The standard InChI is InChI=1S/C9H13F2NO3/c1-3-5-12(9(14)8(10)11)6-7(13)15-4-2/h3,8H,1,4-6H2,2H3. The van der Waals surface area contributed by atoms with Gasteiger partial charge in [-0.2, -0.15) is 8.78 Å². The van der Waals surface area contributed by atoms with E-state index in [0.717, 1.165) is 0 Å². The van der Waals surface area contributed by atoms with Gasteiger partial charge in [0.25, 0.3) is 5.91 Å². The Morgan fingerprint density at radius 1 is 1.53 bits per heavy atom. The number of halogens is 2. The third-order valence-electron chi connectivity index (χ3n) is 1.47. The maximum absolute atomic E-state index is 12.1. The van der Waals surface area contributed by atoms with Crippen LogP contribution in [0.25, 0.3) is 0 Å². The lowest BCUT2D eigenvalue weighted by Crippen LogP contribution is -2.40. The molecule has 15 heavy (non-hydrogen) atoms. The van der Waals surface area contributed by atoms with Crippen molar-refractivity contribution in [2.75, 3.05) is 19.7 Å². The zero-order chi connectivity index (χ0) is 11.8.